The number of rotatable bonds is 9. The number of hydrogen-bond donors (Lipinski definition) is 2. The molecule has 2 aromatic rings. The quantitative estimate of drug-likeness (QED) is 0.723. The molecule has 2 atom stereocenters. The SMILES string of the molecule is CC(C)c1cccc(O[C@H](C)C(=O)NC[C@@H](CO)Cc2ccccc2)c1. The van der Waals surface area contributed by atoms with Crippen LogP contribution in [0.15, 0.2) is 54.6 Å². The molecule has 0 bridgehead atoms. The molecule has 0 unspecified atom stereocenters. The molecule has 0 aliphatic carbocycles. The third kappa shape index (κ3) is 6.19. The van der Waals surface area contributed by atoms with Gasteiger partial charge in [-0.15, -0.1) is 0 Å². The lowest BCUT2D eigenvalue weighted by atomic mass is 10.00. The monoisotopic (exact) mass is 355 g/mol. The van der Waals surface area contributed by atoms with Gasteiger partial charge in [-0.05, 0) is 42.5 Å². The summed E-state index contributed by atoms with van der Waals surface area (Å²) in [6.07, 6.45) is 0.136. The molecule has 2 aromatic carbocycles. The van der Waals surface area contributed by atoms with Crippen LogP contribution in [0.3, 0.4) is 0 Å². The summed E-state index contributed by atoms with van der Waals surface area (Å²) < 4.78 is 5.78. The van der Waals surface area contributed by atoms with Crippen LogP contribution in [-0.2, 0) is 11.2 Å². The number of aliphatic hydroxyl groups is 1. The Hall–Kier alpha value is -2.33. The van der Waals surface area contributed by atoms with E-state index < -0.39 is 6.10 Å². The fraction of sp³-hybridized carbons (Fsp3) is 0.409. The highest BCUT2D eigenvalue weighted by Crippen LogP contribution is 2.21. The molecule has 0 saturated heterocycles. The Morgan fingerprint density at radius 2 is 1.81 bits per heavy atom. The van der Waals surface area contributed by atoms with Crippen molar-refractivity contribution < 1.29 is 14.6 Å². The molecule has 26 heavy (non-hydrogen) atoms. The van der Waals surface area contributed by atoms with Crippen molar-refractivity contribution in [3.8, 4) is 5.75 Å². The summed E-state index contributed by atoms with van der Waals surface area (Å²) in [6.45, 7) is 6.43. The van der Waals surface area contributed by atoms with Crippen LogP contribution in [0.25, 0.3) is 0 Å². The first kappa shape index (κ1) is 20.0. The fourth-order valence-electron chi connectivity index (χ4n) is 2.74. The van der Waals surface area contributed by atoms with Gasteiger partial charge in [0.15, 0.2) is 6.10 Å². The molecule has 4 heteroatoms. The lowest BCUT2D eigenvalue weighted by molar-refractivity contribution is -0.127. The van der Waals surface area contributed by atoms with Crippen LogP contribution >= 0.6 is 0 Å². The Balaban J connectivity index is 1.85. The summed E-state index contributed by atoms with van der Waals surface area (Å²) in [5.41, 5.74) is 2.33. The van der Waals surface area contributed by atoms with Crippen molar-refractivity contribution in [1.82, 2.24) is 5.32 Å². The van der Waals surface area contributed by atoms with E-state index >= 15 is 0 Å². The van der Waals surface area contributed by atoms with Gasteiger partial charge in [0.25, 0.3) is 5.91 Å². The third-order valence-electron chi connectivity index (χ3n) is 4.40. The molecule has 0 spiro atoms. The van der Waals surface area contributed by atoms with E-state index in [4.69, 9.17) is 4.74 Å². The molecule has 0 heterocycles. The van der Waals surface area contributed by atoms with E-state index in [1.165, 1.54) is 5.56 Å². The normalized spacial score (nSPS) is 13.3. The minimum absolute atomic E-state index is 0.0159. The minimum atomic E-state index is -0.589. The second-order valence-electron chi connectivity index (χ2n) is 6.97. The lowest BCUT2D eigenvalue weighted by Gasteiger charge is -2.19. The predicted molar refractivity (Wildman–Crippen MR) is 104 cm³/mol. The molecule has 0 aliphatic rings. The number of amides is 1. The van der Waals surface area contributed by atoms with Crippen LogP contribution in [0.5, 0.6) is 5.75 Å². The number of carbonyl (C=O) groups is 1. The van der Waals surface area contributed by atoms with Gasteiger partial charge in [0.05, 0.1) is 0 Å². The molecule has 2 N–H and O–H groups in total. The van der Waals surface area contributed by atoms with Crippen molar-refractivity contribution in [3.05, 3.63) is 65.7 Å². The summed E-state index contributed by atoms with van der Waals surface area (Å²) in [5, 5.41) is 12.5. The number of hydrogen-bond acceptors (Lipinski definition) is 3. The third-order valence-corrected chi connectivity index (χ3v) is 4.40. The van der Waals surface area contributed by atoms with Gasteiger partial charge in [0.1, 0.15) is 5.75 Å². The fourth-order valence-corrected chi connectivity index (χ4v) is 2.74. The largest absolute Gasteiger partial charge is 0.481 e. The molecule has 0 radical (unpaired) electrons. The zero-order valence-electron chi connectivity index (χ0n) is 15.8. The van der Waals surface area contributed by atoms with Gasteiger partial charge in [-0.3, -0.25) is 4.79 Å². The molecular formula is C22H29NO3. The first-order chi connectivity index (χ1) is 12.5. The predicted octanol–water partition coefficient (Wildman–Crippen LogP) is 3.54. The van der Waals surface area contributed by atoms with Crippen LogP contribution in [0, 0.1) is 5.92 Å². The molecule has 1 amide bonds. The smallest absolute Gasteiger partial charge is 0.260 e. The highest BCUT2D eigenvalue weighted by molar-refractivity contribution is 5.80. The lowest BCUT2D eigenvalue weighted by Crippen LogP contribution is -2.40. The number of nitrogens with one attached hydrogen (secondary N) is 1. The van der Waals surface area contributed by atoms with Gasteiger partial charge < -0.3 is 15.2 Å². The van der Waals surface area contributed by atoms with Gasteiger partial charge in [-0.2, -0.15) is 0 Å². The van der Waals surface area contributed by atoms with Gasteiger partial charge in [-0.1, -0.05) is 56.3 Å². The van der Waals surface area contributed by atoms with Crippen molar-refractivity contribution >= 4 is 5.91 Å². The zero-order chi connectivity index (χ0) is 18.9. The molecule has 0 saturated carbocycles. The Morgan fingerprint density at radius 1 is 1.08 bits per heavy atom. The molecule has 0 aromatic heterocycles. The highest BCUT2D eigenvalue weighted by atomic mass is 16.5. The molecular weight excluding hydrogens is 326 g/mol. The summed E-state index contributed by atoms with van der Waals surface area (Å²) >= 11 is 0. The second-order valence-corrected chi connectivity index (χ2v) is 6.97. The molecule has 2 rings (SSSR count). The maximum absolute atomic E-state index is 12.3. The molecule has 4 nitrogen and oxygen atoms in total. The van der Waals surface area contributed by atoms with Gasteiger partial charge in [0, 0.05) is 19.1 Å². The van der Waals surface area contributed by atoms with Crippen LogP contribution in [0.1, 0.15) is 37.8 Å². The number of carbonyl (C=O) groups excluding carboxylic acids is 1. The maximum Gasteiger partial charge on any atom is 0.260 e. The second kappa shape index (κ2) is 9.97. The van der Waals surface area contributed by atoms with Crippen LogP contribution in [0.2, 0.25) is 0 Å². The van der Waals surface area contributed by atoms with Crippen molar-refractivity contribution in [1.29, 1.82) is 0 Å². The first-order valence-electron chi connectivity index (χ1n) is 9.18. The average Bonchev–Trinajstić information content (AvgIpc) is 2.65. The molecule has 140 valence electrons. The number of aliphatic hydroxyl groups excluding tert-OH is 1. The summed E-state index contributed by atoms with van der Waals surface area (Å²) in [5.74, 6) is 0.914. The molecule has 0 fully saturated rings. The highest BCUT2D eigenvalue weighted by Gasteiger charge is 2.17. The topological polar surface area (TPSA) is 58.6 Å². The van der Waals surface area contributed by atoms with E-state index in [1.54, 1.807) is 6.92 Å². The average molecular weight is 355 g/mol. The summed E-state index contributed by atoms with van der Waals surface area (Å²) in [6, 6.07) is 17.8. The minimum Gasteiger partial charge on any atom is -0.481 e. The number of benzene rings is 2. The zero-order valence-corrected chi connectivity index (χ0v) is 15.8. The van der Waals surface area contributed by atoms with Gasteiger partial charge in [-0.25, -0.2) is 0 Å². The Kier molecular flexibility index (Phi) is 7.67. The van der Waals surface area contributed by atoms with E-state index in [9.17, 15) is 9.90 Å². The maximum atomic E-state index is 12.3. The Bertz CT molecular complexity index is 685. The van der Waals surface area contributed by atoms with E-state index in [0.29, 0.717) is 18.2 Å². The van der Waals surface area contributed by atoms with Crippen molar-refractivity contribution in [3.63, 3.8) is 0 Å². The van der Waals surface area contributed by atoms with E-state index in [1.807, 2.05) is 48.5 Å². The van der Waals surface area contributed by atoms with E-state index in [2.05, 4.69) is 25.2 Å². The van der Waals surface area contributed by atoms with Crippen molar-refractivity contribution in [2.75, 3.05) is 13.2 Å². The van der Waals surface area contributed by atoms with Crippen molar-refractivity contribution in [2.45, 2.75) is 39.2 Å². The first-order valence-corrected chi connectivity index (χ1v) is 9.18. The van der Waals surface area contributed by atoms with Gasteiger partial charge in [0.2, 0.25) is 0 Å². The standard InChI is InChI=1S/C22H29NO3/c1-16(2)20-10-7-11-21(13-20)26-17(3)22(25)23-14-19(15-24)12-18-8-5-4-6-9-18/h4-11,13,16-17,19,24H,12,14-15H2,1-3H3,(H,23,25)/t17-,19+/m1/s1. The molecule has 0 aliphatic heterocycles. The van der Waals surface area contributed by atoms with Crippen LogP contribution in [0.4, 0.5) is 0 Å². The van der Waals surface area contributed by atoms with Crippen molar-refractivity contribution in [2.24, 2.45) is 5.92 Å². The van der Waals surface area contributed by atoms with Crippen LogP contribution < -0.4 is 10.1 Å². The van der Waals surface area contributed by atoms with E-state index in [-0.39, 0.29) is 18.4 Å². The number of ether oxygens (including phenoxy) is 1. The Labute approximate surface area is 156 Å². The van der Waals surface area contributed by atoms with Gasteiger partial charge >= 0.3 is 0 Å². The van der Waals surface area contributed by atoms with E-state index in [0.717, 1.165) is 12.0 Å². The summed E-state index contributed by atoms with van der Waals surface area (Å²) in [7, 11) is 0. The van der Waals surface area contributed by atoms with Crippen LogP contribution in [-0.4, -0.2) is 30.3 Å². The Morgan fingerprint density at radius 3 is 2.46 bits per heavy atom. The summed E-state index contributed by atoms with van der Waals surface area (Å²) in [4.78, 5) is 12.3.